The van der Waals surface area contributed by atoms with Gasteiger partial charge in [0.05, 0.1) is 10.6 Å². The molecule has 0 aromatic heterocycles. The van der Waals surface area contributed by atoms with Crippen molar-refractivity contribution in [2.24, 2.45) is 0 Å². The number of esters is 1. The van der Waals surface area contributed by atoms with E-state index >= 15 is 0 Å². The third-order valence-electron chi connectivity index (χ3n) is 5.63. The summed E-state index contributed by atoms with van der Waals surface area (Å²) < 4.78 is 10.9. The van der Waals surface area contributed by atoms with Crippen molar-refractivity contribution in [3.05, 3.63) is 81.7 Å². The Morgan fingerprint density at radius 2 is 1.86 bits per heavy atom. The molecule has 188 valence electrons. The molecule has 2 atom stereocenters. The van der Waals surface area contributed by atoms with Gasteiger partial charge in [0.15, 0.2) is 12.3 Å². The zero-order valence-electron chi connectivity index (χ0n) is 19.6. The van der Waals surface area contributed by atoms with E-state index in [1.165, 1.54) is 40.9 Å². The molecule has 2 aromatic rings. The van der Waals surface area contributed by atoms with Crippen LogP contribution < -0.4 is 10.1 Å². The monoisotopic (exact) mass is 512 g/mol. The zero-order chi connectivity index (χ0) is 25.8. The van der Waals surface area contributed by atoms with Crippen molar-refractivity contribution in [1.82, 2.24) is 15.1 Å². The summed E-state index contributed by atoms with van der Waals surface area (Å²) in [7, 11) is 3.54. The second kappa shape index (κ2) is 10.7. The summed E-state index contributed by atoms with van der Waals surface area (Å²) in [6.45, 7) is -0.355. The van der Waals surface area contributed by atoms with Crippen LogP contribution in [0.3, 0.4) is 0 Å². The third kappa shape index (κ3) is 5.28. The van der Waals surface area contributed by atoms with Crippen LogP contribution in [-0.4, -0.2) is 70.4 Å². The molecule has 11 nitrogen and oxygen atoms in total. The van der Waals surface area contributed by atoms with Crippen molar-refractivity contribution in [3.8, 4) is 5.75 Å². The van der Waals surface area contributed by atoms with Gasteiger partial charge < -0.3 is 19.7 Å². The molecular formula is C24H24N4O7S. The minimum Gasteiger partial charge on any atom is -0.484 e. The molecule has 1 fully saturated rings. The maximum absolute atomic E-state index is 13.1. The summed E-state index contributed by atoms with van der Waals surface area (Å²) in [5.41, 5.74) is 1.25. The van der Waals surface area contributed by atoms with Crippen LogP contribution in [0.25, 0.3) is 0 Å². The number of fused-ring (bicyclic) bond motifs is 1. The SMILES string of the molecule is CN(C)C1=C(C(=O)OCc2ccc([N+](=O)[O-])cc2)N2C(=O)C(NC(=O)COc3ccccc3)[C@@H]2SC1. The molecule has 12 heteroatoms. The van der Waals surface area contributed by atoms with Crippen molar-refractivity contribution in [1.29, 1.82) is 0 Å². The van der Waals surface area contributed by atoms with E-state index in [0.29, 0.717) is 22.8 Å². The van der Waals surface area contributed by atoms with E-state index in [2.05, 4.69) is 5.32 Å². The molecule has 0 spiro atoms. The lowest BCUT2D eigenvalue weighted by Crippen LogP contribution is -2.71. The first-order valence-electron chi connectivity index (χ1n) is 11.0. The van der Waals surface area contributed by atoms with Gasteiger partial charge in [-0.05, 0) is 29.8 Å². The molecule has 2 aromatic carbocycles. The number of nitro groups is 1. The number of nitrogens with zero attached hydrogens (tertiary/aromatic N) is 3. The number of β-lactam (4-membered cyclic amide) rings is 1. The van der Waals surface area contributed by atoms with Gasteiger partial charge in [-0.15, -0.1) is 11.8 Å². The Labute approximate surface area is 211 Å². The molecule has 36 heavy (non-hydrogen) atoms. The number of hydrogen-bond acceptors (Lipinski definition) is 9. The van der Waals surface area contributed by atoms with E-state index in [4.69, 9.17) is 9.47 Å². The van der Waals surface area contributed by atoms with Crippen LogP contribution >= 0.6 is 11.8 Å². The number of thioether (sulfide) groups is 1. The highest BCUT2D eigenvalue weighted by molar-refractivity contribution is 8.00. The number of carbonyl (C=O) groups is 3. The lowest BCUT2D eigenvalue weighted by Gasteiger charge is -2.50. The van der Waals surface area contributed by atoms with E-state index in [0.717, 1.165) is 0 Å². The Morgan fingerprint density at radius 3 is 2.50 bits per heavy atom. The highest BCUT2D eigenvalue weighted by atomic mass is 32.2. The summed E-state index contributed by atoms with van der Waals surface area (Å²) in [6, 6.07) is 13.7. The van der Waals surface area contributed by atoms with Gasteiger partial charge in [-0.1, -0.05) is 18.2 Å². The topological polar surface area (TPSA) is 131 Å². The zero-order valence-corrected chi connectivity index (χ0v) is 20.4. The van der Waals surface area contributed by atoms with E-state index < -0.39 is 34.1 Å². The fraction of sp³-hybridized carbons (Fsp3) is 0.292. The van der Waals surface area contributed by atoms with Gasteiger partial charge in [-0.2, -0.15) is 0 Å². The third-order valence-corrected chi connectivity index (χ3v) is 6.89. The van der Waals surface area contributed by atoms with Crippen molar-refractivity contribution in [3.63, 3.8) is 0 Å². The number of carbonyl (C=O) groups excluding carboxylic acids is 3. The number of non-ortho nitro benzene ring substituents is 1. The summed E-state index contributed by atoms with van der Waals surface area (Å²) in [4.78, 5) is 51.8. The van der Waals surface area contributed by atoms with Gasteiger partial charge in [0.25, 0.3) is 17.5 Å². The average Bonchev–Trinajstić information content (AvgIpc) is 2.88. The van der Waals surface area contributed by atoms with Gasteiger partial charge in [0.1, 0.15) is 23.8 Å². The van der Waals surface area contributed by atoms with Crippen LogP contribution in [0.5, 0.6) is 5.75 Å². The summed E-state index contributed by atoms with van der Waals surface area (Å²) in [5.74, 6) is -0.564. The average molecular weight is 513 g/mol. The van der Waals surface area contributed by atoms with Gasteiger partial charge in [-0.25, -0.2) is 4.79 Å². The second-order valence-corrected chi connectivity index (χ2v) is 9.35. The predicted octanol–water partition coefficient (Wildman–Crippen LogP) is 1.89. The number of nitrogens with one attached hydrogen (secondary N) is 1. The van der Waals surface area contributed by atoms with Crippen LogP contribution in [0.2, 0.25) is 0 Å². The van der Waals surface area contributed by atoms with E-state index in [1.54, 1.807) is 43.3 Å². The maximum atomic E-state index is 13.1. The molecule has 1 N–H and O–H groups in total. The Hall–Kier alpha value is -4.06. The highest BCUT2D eigenvalue weighted by Gasteiger charge is 2.54. The van der Waals surface area contributed by atoms with Crippen LogP contribution in [0.1, 0.15) is 5.56 Å². The minimum absolute atomic E-state index is 0.0664. The molecule has 4 rings (SSSR count). The second-order valence-electron chi connectivity index (χ2n) is 8.25. The van der Waals surface area contributed by atoms with E-state index in [9.17, 15) is 24.5 Å². The van der Waals surface area contributed by atoms with Crippen molar-refractivity contribution in [2.75, 3.05) is 26.5 Å². The molecule has 2 aliphatic rings. The van der Waals surface area contributed by atoms with Crippen molar-refractivity contribution < 1.29 is 28.8 Å². The minimum atomic E-state index is -0.789. The van der Waals surface area contributed by atoms with E-state index in [1.807, 2.05) is 6.07 Å². The Balaban J connectivity index is 1.40. The number of ether oxygens (including phenoxy) is 2. The number of benzene rings is 2. The van der Waals surface area contributed by atoms with Gasteiger partial charge in [0.2, 0.25) is 0 Å². The Kier molecular flexibility index (Phi) is 7.44. The standard InChI is InChI=1S/C24H24N4O7S/c1-26(2)18-14-36-23-20(25-19(29)13-34-17-6-4-3-5-7-17)22(30)27(23)21(18)24(31)35-12-15-8-10-16(11-9-15)28(32)33/h3-11,20,23H,12-14H2,1-2H3,(H,25,29)/t20?,23-/m0/s1. The molecule has 0 radical (unpaired) electrons. The number of para-hydroxylation sites is 1. The highest BCUT2D eigenvalue weighted by Crippen LogP contribution is 2.41. The largest absolute Gasteiger partial charge is 0.484 e. The molecule has 0 bridgehead atoms. The number of amides is 2. The summed E-state index contributed by atoms with van der Waals surface area (Å²) >= 11 is 1.44. The Morgan fingerprint density at radius 1 is 1.17 bits per heavy atom. The van der Waals surface area contributed by atoms with Crippen LogP contribution in [0, 0.1) is 10.1 Å². The maximum Gasteiger partial charge on any atom is 0.357 e. The summed E-state index contributed by atoms with van der Waals surface area (Å²) in [6.07, 6.45) is 0. The quantitative estimate of drug-likeness (QED) is 0.232. The first-order chi connectivity index (χ1) is 17.3. The molecule has 1 saturated heterocycles. The number of nitro benzene ring substituents is 1. The van der Waals surface area contributed by atoms with Crippen molar-refractivity contribution >= 4 is 35.2 Å². The molecule has 2 aliphatic heterocycles. The predicted molar refractivity (Wildman–Crippen MR) is 131 cm³/mol. The molecular weight excluding hydrogens is 488 g/mol. The lowest BCUT2D eigenvalue weighted by molar-refractivity contribution is -0.384. The van der Waals surface area contributed by atoms with Gasteiger partial charge in [0, 0.05) is 32.0 Å². The van der Waals surface area contributed by atoms with Gasteiger partial charge >= 0.3 is 5.97 Å². The lowest BCUT2D eigenvalue weighted by atomic mass is 10.0. The molecule has 2 amide bonds. The molecule has 0 saturated carbocycles. The smallest absolute Gasteiger partial charge is 0.357 e. The molecule has 1 unspecified atom stereocenters. The van der Waals surface area contributed by atoms with Crippen molar-refractivity contribution in [2.45, 2.75) is 18.0 Å². The van der Waals surface area contributed by atoms with Crippen LogP contribution in [-0.2, 0) is 25.7 Å². The Bertz CT molecular complexity index is 1200. The molecule has 2 heterocycles. The fourth-order valence-corrected chi connectivity index (χ4v) is 5.20. The van der Waals surface area contributed by atoms with Gasteiger partial charge in [-0.3, -0.25) is 24.6 Å². The fourth-order valence-electron chi connectivity index (χ4n) is 3.75. The first kappa shape index (κ1) is 25.0. The van der Waals surface area contributed by atoms with Crippen LogP contribution in [0.15, 0.2) is 66.0 Å². The molecule has 0 aliphatic carbocycles. The van der Waals surface area contributed by atoms with E-state index in [-0.39, 0.29) is 24.6 Å². The summed E-state index contributed by atoms with van der Waals surface area (Å²) in [5, 5.41) is 13.1. The van der Waals surface area contributed by atoms with Crippen LogP contribution in [0.4, 0.5) is 5.69 Å². The number of rotatable bonds is 9. The number of hydrogen-bond donors (Lipinski definition) is 1. The normalized spacial score (nSPS) is 18.6. The first-order valence-corrected chi connectivity index (χ1v) is 12.0.